The second kappa shape index (κ2) is 7.87. The second-order valence-corrected chi connectivity index (χ2v) is 5.42. The van der Waals surface area contributed by atoms with Gasteiger partial charge in [-0.2, -0.15) is 0 Å². The Labute approximate surface area is 105 Å². The molecule has 4 nitrogen and oxygen atoms in total. The molecule has 0 aromatic heterocycles. The van der Waals surface area contributed by atoms with Crippen LogP contribution in [0.2, 0.25) is 0 Å². The van der Waals surface area contributed by atoms with Gasteiger partial charge in [-0.25, -0.2) is 0 Å². The summed E-state index contributed by atoms with van der Waals surface area (Å²) in [5.74, 6) is -0.356. The van der Waals surface area contributed by atoms with Crippen LogP contribution in [-0.4, -0.2) is 56.0 Å². The van der Waals surface area contributed by atoms with Gasteiger partial charge in [0.05, 0.1) is 27.6 Å². The zero-order chi connectivity index (χ0) is 12.1. The first-order valence-electron chi connectivity index (χ1n) is 5.34. The maximum Gasteiger partial charge on any atom is 0.306 e. The van der Waals surface area contributed by atoms with Crippen molar-refractivity contribution in [2.24, 2.45) is 5.92 Å². The molecule has 0 radical (unpaired) electrons. The monoisotopic (exact) mass is 253 g/mol. The summed E-state index contributed by atoms with van der Waals surface area (Å²) in [6, 6.07) is 0. The van der Waals surface area contributed by atoms with Crippen LogP contribution in [0.3, 0.4) is 0 Å². The predicted molar refractivity (Wildman–Crippen MR) is 59.7 cm³/mol. The number of quaternary nitrogens is 1. The minimum atomic E-state index is -0.794. The van der Waals surface area contributed by atoms with Gasteiger partial charge in [0.2, 0.25) is 0 Å². The van der Waals surface area contributed by atoms with E-state index in [-0.39, 0.29) is 24.9 Å². The van der Waals surface area contributed by atoms with Crippen LogP contribution >= 0.6 is 0 Å². The molecule has 0 rings (SSSR count). The summed E-state index contributed by atoms with van der Waals surface area (Å²) in [5, 5.41) is 8.76. The molecule has 0 aromatic carbocycles. The molecule has 0 aliphatic heterocycles. The van der Waals surface area contributed by atoms with Gasteiger partial charge in [-0.1, -0.05) is 13.8 Å². The number of rotatable bonds is 7. The molecule has 0 bridgehead atoms. The quantitative estimate of drug-likeness (QED) is 0.546. The van der Waals surface area contributed by atoms with Crippen LogP contribution in [0, 0.1) is 5.92 Å². The summed E-state index contributed by atoms with van der Waals surface area (Å²) in [7, 11) is 6.11. The molecular weight excluding hydrogens is 230 g/mol. The molecule has 0 spiro atoms. The molecule has 0 aliphatic carbocycles. The molecule has 0 saturated heterocycles. The topological polar surface area (TPSA) is 46.5 Å². The highest BCUT2D eigenvalue weighted by Crippen LogP contribution is 2.07. The lowest BCUT2D eigenvalue weighted by Crippen LogP contribution is -3.00. The summed E-state index contributed by atoms with van der Waals surface area (Å²) in [6.45, 7) is 5.46. The van der Waals surface area contributed by atoms with Gasteiger partial charge in [0, 0.05) is 6.61 Å². The predicted octanol–water partition coefficient (Wildman–Crippen LogP) is -1.79. The van der Waals surface area contributed by atoms with Crippen molar-refractivity contribution in [3.8, 4) is 0 Å². The maximum atomic E-state index is 10.7. The Hall–Kier alpha value is -0.320. The summed E-state index contributed by atoms with van der Waals surface area (Å²) in [6.07, 6.45) is -0.104. The summed E-state index contributed by atoms with van der Waals surface area (Å²) in [5.41, 5.74) is 0. The van der Waals surface area contributed by atoms with E-state index in [1.807, 2.05) is 21.1 Å². The molecule has 0 fully saturated rings. The van der Waals surface area contributed by atoms with E-state index in [1.54, 1.807) is 0 Å². The Morgan fingerprint density at radius 3 is 2.12 bits per heavy atom. The first-order valence-corrected chi connectivity index (χ1v) is 5.34. The number of nitrogens with zero attached hydrogens (tertiary/aromatic N) is 1. The molecule has 1 unspecified atom stereocenters. The van der Waals surface area contributed by atoms with Gasteiger partial charge < -0.3 is 26.7 Å². The Kier molecular flexibility index (Phi) is 8.88. The SMILES string of the molecule is CC(C)COC(CC(=O)O)C[N+](C)(C)C.[Cl-]. The maximum absolute atomic E-state index is 10.7. The normalized spacial score (nSPS) is 13.4. The number of hydrogen-bond donors (Lipinski definition) is 1. The Bertz CT molecular complexity index is 202. The number of halogens is 1. The minimum absolute atomic E-state index is 0. The molecular formula is C11H24ClNO3. The van der Waals surface area contributed by atoms with E-state index in [1.165, 1.54) is 0 Å². The molecule has 5 heteroatoms. The largest absolute Gasteiger partial charge is 1.00 e. The number of likely N-dealkylation sites (N-methyl/N-ethyl adjacent to an activating group) is 1. The lowest BCUT2D eigenvalue weighted by Gasteiger charge is -2.29. The highest BCUT2D eigenvalue weighted by atomic mass is 35.5. The number of aliphatic carboxylic acids is 1. The van der Waals surface area contributed by atoms with E-state index in [4.69, 9.17) is 9.84 Å². The van der Waals surface area contributed by atoms with Crippen molar-refractivity contribution in [1.82, 2.24) is 0 Å². The van der Waals surface area contributed by atoms with Crippen LogP contribution in [0.25, 0.3) is 0 Å². The van der Waals surface area contributed by atoms with Crippen LogP contribution < -0.4 is 12.4 Å². The van der Waals surface area contributed by atoms with Crippen LogP contribution in [0.5, 0.6) is 0 Å². The van der Waals surface area contributed by atoms with E-state index in [2.05, 4.69) is 13.8 Å². The van der Waals surface area contributed by atoms with Gasteiger partial charge in [-0.15, -0.1) is 0 Å². The van der Waals surface area contributed by atoms with E-state index >= 15 is 0 Å². The fourth-order valence-corrected chi connectivity index (χ4v) is 1.31. The number of ether oxygens (including phenoxy) is 1. The lowest BCUT2D eigenvalue weighted by molar-refractivity contribution is -0.873. The molecule has 98 valence electrons. The zero-order valence-corrected chi connectivity index (χ0v) is 11.6. The van der Waals surface area contributed by atoms with Crippen molar-refractivity contribution in [3.63, 3.8) is 0 Å². The van der Waals surface area contributed by atoms with Crippen molar-refractivity contribution in [3.05, 3.63) is 0 Å². The number of carbonyl (C=O) groups is 1. The van der Waals surface area contributed by atoms with Crippen LogP contribution in [-0.2, 0) is 9.53 Å². The van der Waals surface area contributed by atoms with Crippen molar-refractivity contribution in [2.45, 2.75) is 26.4 Å². The highest BCUT2D eigenvalue weighted by Gasteiger charge is 2.21. The number of carboxylic acid groups (broad SMARTS) is 1. The fourth-order valence-electron chi connectivity index (χ4n) is 1.31. The molecule has 1 N–H and O–H groups in total. The van der Waals surface area contributed by atoms with Gasteiger partial charge in [0.1, 0.15) is 12.6 Å². The van der Waals surface area contributed by atoms with Crippen molar-refractivity contribution in [1.29, 1.82) is 0 Å². The Morgan fingerprint density at radius 2 is 1.81 bits per heavy atom. The van der Waals surface area contributed by atoms with Gasteiger partial charge >= 0.3 is 5.97 Å². The summed E-state index contributed by atoms with van der Waals surface area (Å²) in [4.78, 5) is 10.7. The van der Waals surface area contributed by atoms with Gasteiger partial charge in [-0.05, 0) is 5.92 Å². The molecule has 0 amide bonds. The third-order valence-corrected chi connectivity index (χ3v) is 1.82. The molecule has 0 aliphatic rings. The molecule has 16 heavy (non-hydrogen) atoms. The molecule has 0 heterocycles. The average Bonchev–Trinajstić information content (AvgIpc) is 1.95. The number of carboxylic acids is 1. The van der Waals surface area contributed by atoms with Gasteiger partial charge in [0.25, 0.3) is 0 Å². The van der Waals surface area contributed by atoms with Crippen molar-refractivity contribution < 1.29 is 31.5 Å². The third-order valence-electron chi connectivity index (χ3n) is 1.82. The lowest BCUT2D eigenvalue weighted by atomic mass is 10.2. The van der Waals surface area contributed by atoms with E-state index < -0.39 is 5.97 Å². The van der Waals surface area contributed by atoms with E-state index in [9.17, 15) is 4.79 Å². The first-order chi connectivity index (χ1) is 6.70. The summed E-state index contributed by atoms with van der Waals surface area (Å²) >= 11 is 0. The number of hydrogen-bond acceptors (Lipinski definition) is 2. The highest BCUT2D eigenvalue weighted by molar-refractivity contribution is 5.67. The Balaban J connectivity index is 0. The van der Waals surface area contributed by atoms with E-state index in [0.29, 0.717) is 12.5 Å². The summed E-state index contributed by atoms with van der Waals surface area (Å²) < 4.78 is 6.31. The van der Waals surface area contributed by atoms with Gasteiger partial charge in [-0.3, -0.25) is 4.79 Å². The van der Waals surface area contributed by atoms with Crippen LogP contribution in [0.15, 0.2) is 0 Å². The molecule has 0 aromatic rings. The second-order valence-electron chi connectivity index (χ2n) is 5.42. The standard InChI is InChI=1S/C11H23NO3.ClH/c1-9(2)8-15-10(6-11(13)14)7-12(3,4)5;/h9-10H,6-8H2,1-5H3;1H. The third kappa shape index (κ3) is 11.8. The van der Waals surface area contributed by atoms with Crippen molar-refractivity contribution >= 4 is 5.97 Å². The Morgan fingerprint density at radius 1 is 1.31 bits per heavy atom. The fraction of sp³-hybridized carbons (Fsp3) is 0.909. The van der Waals surface area contributed by atoms with Crippen molar-refractivity contribution in [2.75, 3.05) is 34.3 Å². The van der Waals surface area contributed by atoms with Crippen LogP contribution in [0.1, 0.15) is 20.3 Å². The van der Waals surface area contributed by atoms with Crippen LogP contribution in [0.4, 0.5) is 0 Å². The van der Waals surface area contributed by atoms with E-state index in [0.717, 1.165) is 11.0 Å². The average molecular weight is 254 g/mol. The first kappa shape index (κ1) is 18.1. The zero-order valence-electron chi connectivity index (χ0n) is 10.9. The van der Waals surface area contributed by atoms with Gasteiger partial charge in [0.15, 0.2) is 0 Å². The molecule has 1 atom stereocenters. The smallest absolute Gasteiger partial charge is 0.306 e. The molecule has 0 saturated carbocycles. The minimum Gasteiger partial charge on any atom is -1.00 e.